The number of hydrogen-bond acceptors (Lipinski definition) is 2. The number of halogens is 1. The van der Waals surface area contributed by atoms with Gasteiger partial charge in [0.2, 0.25) is 0 Å². The summed E-state index contributed by atoms with van der Waals surface area (Å²) in [6.07, 6.45) is 0.249. The molecule has 0 fully saturated rings. The maximum Gasteiger partial charge on any atom is 0.326 e. The molecule has 0 heterocycles. The van der Waals surface area contributed by atoms with E-state index in [1.165, 1.54) is 12.1 Å². The molecule has 3 N–H and O–H groups in total. The molecule has 0 aliphatic heterocycles. The Labute approximate surface area is 104 Å². The number of carbonyl (C=O) groups excluding carboxylic acids is 1. The van der Waals surface area contributed by atoms with E-state index in [1.54, 1.807) is 19.9 Å². The second kappa shape index (κ2) is 6.00. The van der Waals surface area contributed by atoms with Crippen molar-refractivity contribution in [2.45, 2.75) is 26.3 Å². The first-order chi connectivity index (χ1) is 8.45. The molecule has 1 aromatic carbocycles. The van der Waals surface area contributed by atoms with Gasteiger partial charge >= 0.3 is 12.0 Å². The number of carboxylic acid groups (broad SMARTS) is 1. The van der Waals surface area contributed by atoms with Crippen LogP contribution in [-0.4, -0.2) is 23.1 Å². The molecule has 98 valence electrons. The number of carbonyl (C=O) groups is 2. The van der Waals surface area contributed by atoms with Gasteiger partial charge in [0.1, 0.15) is 11.9 Å². The number of para-hydroxylation sites is 1. The zero-order valence-corrected chi connectivity index (χ0v) is 10.2. The molecule has 0 saturated carbocycles. The summed E-state index contributed by atoms with van der Waals surface area (Å²) in [5, 5.41) is 13.3. The number of urea groups is 1. The monoisotopic (exact) mass is 254 g/mol. The third kappa shape index (κ3) is 3.44. The van der Waals surface area contributed by atoms with Gasteiger partial charge < -0.3 is 15.7 Å². The van der Waals surface area contributed by atoms with E-state index in [0.717, 1.165) is 0 Å². The highest BCUT2D eigenvalue weighted by Crippen LogP contribution is 2.18. The molecule has 6 heteroatoms. The van der Waals surface area contributed by atoms with Crippen LogP contribution in [0.4, 0.5) is 14.9 Å². The van der Waals surface area contributed by atoms with Crippen molar-refractivity contribution >= 4 is 17.7 Å². The van der Waals surface area contributed by atoms with Crippen molar-refractivity contribution < 1.29 is 19.1 Å². The van der Waals surface area contributed by atoms with Gasteiger partial charge in [0.05, 0.1) is 5.69 Å². The molecule has 0 unspecified atom stereocenters. The Balaban J connectivity index is 2.73. The van der Waals surface area contributed by atoms with Crippen molar-refractivity contribution in [3.8, 4) is 0 Å². The van der Waals surface area contributed by atoms with Crippen LogP contribution < -0.4 is 10.6 Å². The van der Waals surface area contributed by atoms with Crippen LogP contribution >= 0.6 is 0 Å². The minimum atomic E-state index is -1.13. The Bertz CT molecular complexity index is 442. The first-order valence-electron chi connectivity index (χ1n) is 5.51. The second-order valence-corrected chi connectivity index (χ2v) is 3.83. The third-order valence-electron chi connectivity index (χ3n) is 2.47. The highest BCUT2D eigenvalue weighted by atomic mass is 19.1. The van der Waals surface area contributed by atoms with E-state index in [-0.39, 0.29) is 12.1 Å². The number of aryl methyl sites for hydroxylation is 1. The molecule has 0 aromatic heterocycles. The molecule has 0 saturated heterocycles. The van der Waals surface area contributed by atoms with E-state index in [9.17, 15) is 14.0 Å². The lowest BCUT2D eigenvalue weighted by molar-refractivity contribution is -0.139. The Kier molecular flexibility index (Phi) is 4.65. The molecule has 18 heavy (non-hydrogen) atoms. The van der Waals surface area contributed by atoms with E-state index in [2.05, 4.69) is 10.6 Å². The van der Waals surface area contributed by atoms with Gasteiger partial charge in [-0.3, -0.25) is 0 Å². The fourth-order valence-corrected chi connectivity index (χ4v) is 1.44. The smallest absolute Gasteiger partial charge is 0.326 e. The topological polar surface area (TPSA) is 78.4 Å². The molecule has 0 aliphatic carbocycles. The molecule has 1 atom stereocenters. The molecule has 0 bridgehead atoms. The van der Waals surface area contributed by atoms with Crippen LogP contribution in [0.2, 0.25) is 0 Å². The number of carboxylic acids is 1. The number of amides is 2. The zero-order chi connectivity index (χ0) is 13.7. The van der Waals surface area contributed by atoms with Crippen molar-refractivity contribution in [2.75, 3.05) is 5.32 Å². The van der Waals surface area contributed by atoms with Gasteiger partial charge in [0.15, 0.2) is 0 Å². The first kappa shape index (κ1) is 14.0. The Hall–Kier alpha value is -2.11. The van der Waals surface area contributed by atoms with Gasteiger partial charge in [-0.05, 0) is 25.0 Å². The van der Waals surface area contributed by atoms with Crippen LogP contribution in [0.3, 0.4) is 0 Å². The zero-order valence-electron chi connectivity index (χ0n) is 10.2. The van der Waals surface area contributed by atoms with E-state index >= 15 is 0 Å². The number of aliphatic carboxylic acids is 1. The maximum atomic E-state index is 13.4. The average Bonchev–Trinajstić information content (AvgIpc) is 2.30. The third-order valence-corrected chi connectivity index (χ3v) is 2.47. The van der Waals surface area contributed by atoms with Gasteiger partial charge in [0.25, 0.3) is 0 Å². The van der Waals surface area contributed by atoms with E-state index in [4.69, 9.17) is 5.11 Å². The lowest BCUT2D eigenvalue weighted by Crippen LogP contribution is -2.42. The number of benzene rings is 1. The molecule has 5 nitrogen and oxygen atoms in total. The predicted octanol–water partition coefficient (Wildman–Crippen LogP) is 2.12. The van der Waals surface area contributed by atoms with Crippen LogP contribution in [0.1, 0.15) is 18.9 Å². The number of nitrogens with one attached hydrogen (secondary N) is 2. The van der Waals surface area contributed by atoms with E-state index < -0.39 is 23.9 Å². The number of anilines is 1. The van der Waals surface area contributed by atoms with Crippen LogP contribution in [-0.2, 0) is 4.79 Å². The molecule has 0 radical (unpaired) electrons. The summed E-state index contributed by atoms with van der Waals surface area (Å²) in [5.41, 5.74) is 0.615. The largest absolute Gasteiger partial charge is 0.480 e. The van der Waals surface area contributed by atoms with Gasteiger partial charge in [0, 0.05) is 0 Å². The summed E-state index contributed by atoms with van der Waals surface area (Å²) in [6, 6.07) is 2.67. The highest BCUT2D eigenvalue weighted by Gasteiger charge is 2.18. The standard InChI is InChI=1S/C12H15FN2O3/c1-3-9(11(16)17)14-12(18)15-10-7(2)5-4-6-8(10)13/h4-6,9H,3H2,1-2H3,(H,16,17)(H2,14,15,18)/t9-/m1/s1. The quantitative estimate of drug-likeness (QED) is 0.770. The highest BCUT2D eigenvalue weighted by molar-refractivity contribution is 5.92. The molecule has 1 rings (SSSR count). The molecule has 0 aliphatic rings. The van der Waals surface area contributed by atoms with Crippen molar-refractivity contribution in [3.05, 3.63) is 29.6 Å². The predicted molar refractivity (Wildman–Crippen MR) is 65.0 cm³/mol. The fourth-order valence-electron chi connectivity index (χ4n) is 1.44. The molecular weight excluding hydrogens is 239 g/mol. The van der Waals surface area contributed by atoms with Crippen LogP contribution in [0.5, 0.6) is 0 Å². The van der Waals surface area contributed by atoms with Crippen LogP contribution in [0.15, 0.2) is 18.2 Å². The Morgan fingerprint density at radius 2 is 2.11 bits per heavy atom. The van der Waals surface area contributed by atoms with E-state index in [1.807, 2.05) is 0 Å². The first-order valence-corrected chi connectivity index (χ1v) is 5.51. The SMILES string of the molecule is CC[C@@H](NC(=O)Nc1c(C)cccc1F)C(=O)O. The van der Waals surface area contributed by atoms with Crippen molar-refractivity contribution in [2.24, 2.45) is 0 Å². The molecular formula is C12H15FN2O3. The lowest BCUT2D eigenvalue weighted by atomic mass is 10.2. The van der Waals surface area contributed by atoms with Gasteiger partial charge in [-0.1, -0.05) is 19.1 Å². The van der Waals surface area contributed by atoms with Crippen molar-refractivity contribution in [1.29, 1.82) is 0 Å². The van der Waals surface area contributed by atoms with Crippen LogP contribution in [0.25, 0.3) is 0 Å². The minimum Gasteiger partial charge on any atom is -0.480 e. The summed E-state index contributed by atoms with van der Waals surface area (Å²) >= 11 is 0. The second-order valence-electron chi connectivity index (χ2n) is 3.83. The van der Waals surface area contributed by atoms with Crippen molar-refractivity contribution in [3.63, 3.8) is 0 Å². The summed E-state index contributed by atoms with van der Waals surface area (Å²) in [7, 11) is 0. The number of rotatable bonds is 4. The van der Waals surface area contributed by atoms with Gasteiger partial charge in [-0.25, -0.2) is 14.0 Å². The summed E-state index contributed by atoms with van der Waals surface area (Å²) < 4.78 is 13.4. The summed E-state index contributed by atoms with van der Waals surface area (Å²) in [6.45, 7) is 3.28. The van der Waals surface area contributed by atoms with Gasteiger partial charge in [-0.15, -0.1) is 0 Å². The minimum absolute atomic E-state index is 0.0511. The average molecular weight is 254 g/mol. The lowest BCUT2D eigenvalue weighted by Gasteiger charge is -2.14. The van der Waals surface area contributed by atoms with Crippen LogP contribution in [0, 0.1) is 12.7 Å². The molecule has 2 amide bonds. The van der Waals surface area contributed by atoms with Gasteiger partial charge in [-0.2, -0.15) is 0 Å². The fraction of sp³-hybridized carbons (Fsp3) is 0.333. The summed E-state index contributed by atoms with van der Waals surface area (Å²) in [5.74, 6) is -1.69. The Morgan fingerprint density at radius 1 is 1.44 bits per heavy atom. The molecule has 1 aromatic rings. The number of hydrogen-bond donors (Lipinski definition) is 3. The Morgan fingerprint density at radius 3 is 2.61 bits per heavy atom. The maximum absolute atomic E-state index is 13.4. The van der Waals surface area contributed by atoms with Crippen molar-refractivity contribution in [1.82, 2.24) is 5.32 Å². The molecule has 0 spiro atoms. The van der Waals surface area contributed by atoms with E-state index in [0.29, 0.717) is 5.56 Å². The summed E-state index contributed by atoms with van der Waals surface area (Å²) in [4.78, 5) is 22.3. The normalized spacial score (nSPS) is 11.7.